The number of hydrogen-bond acceptors (Lipinski definition) is 5. The van der Waals surface area contributed by atoms with Crippen molar-refractivity contribution < 1.29 is 19.8 Å². The summed E-state index contributed by atoms with van der Waals surface area (Å²) < 4.78 is 0. The molecule has 1 fully saturated rings. The molecule has 2 heterocycles. The molecular weight excluding hydrogens is 376 g/mol. The van der Waals surface area contributed by atoms with Crippen LogP contribution in [0.2, 0.25) is 0 Å². The van der Waals surface area contributed by atoms with E-state index in [1.165, 1.54) is 11.0 Å². The highest BCUT2D eigenvalue weighted by molar-refractivity contribution is 5.94. The molecule has 1 aliphatic carbocycles. The second-order valence-electron chi connectivity index (χ2n) is 7.07. The van der Waals surface area contributed by atoms with Gasteiger partial charge in [0.1, 0.15) is 11.8 Å². The van der Waals surface area contributed by atoms with Gasteiger partial charge in [-0.1, -0.05) is 12.2 Å². The third-order valence-corrected chi connectivity index (χ3v) is 4.85. The molecule has 3 amide bonds. The molecule has 29 heavy (non-hydrogen) atoms. The van der Waals surface area contributed by atoms with Gasteiger partial charge in [0.25, 0.3) is 5.56 Å². The van der Waals surface area contributed by atoms with Gasteiger partial charge in [-0.3, -0.25) is 14.6 Å². The van der Waals surface area contributed by atoms with Gasteiger partial charge in [-0.05, 0) is 37.0 Å². The standard InChI is InChI=1S/C20H24N4O5/c1-23(12-13-4-2-5-15(25)8-7-13)19(28)16-6-3-9-24(16)20(29)21-14-10-17(26)22-18(27)11-14/h4-5,7-8,10-11,16,25H,2-3,6,9,12H2,1H3,(H3,21,22,26,27,29)/t16-/m1/s1. The number of likely N-dealkylation sites (N-methyl/N-ethyl adjacent to an activating group) is 1. The number of anilines is 1. The highest BCUT2D eigenvalue weighted by Gasteiger charge is 2.35. The first-order chi connectivity index (χ1) is 13.8. The Morgan fingerprint density at radius 1 is 1.28 bits per heavy atom. The third kappa shape index (κ3) is 5.07. The summed E-state index contributed by atoms with van der Waals surface area (Å²) in [4.78, 5) is 42.2. The maximum Gasteiger partial charge on any atom is 0.322 e. The molecule has 154 valence electrons. The van der Waals surface area contributed by atoms with E-state index >= 15 is 0 Å². The number of allylic oxidation sites excluding steroid dienone is 3. The summed E-state index contributed by atoms with van der Waals surface area (Å²) in [5.74, 6) is -0.344. The van der Waals surface area contributed by atoms with E-state index in [9.17, 15) is 24.6 Å². The van der Waals surface area contributed by atoms with E-state index in [2.05, 4.69) is 10.3 Å². The van der Waals surface area contributed by atoms with Crippen LogP contribution < -0.4 is 10.9 Å². The number of rotatable bonds is 4. The fourth-order valence-electron chi connectivity index (χ4n) is 3.45. The Morgan fingerprint density at radius 3 is 2.83 bits per heavy atom. The molecule has 1 saturated heterocycles. The molecule has 0 radical (unpaired) electrons. The summed E-state index contributed by atoms with van der Waals surface area (Å²) in [7, 11) is 1.68. The van der Waals surface area contributed by atoms with Crippen molar-refractivity contribution in [3.63, 3.8) is 0 Å². The number of carbonyl (C=O) groups excluding carboxylic acids is 2. The number of aromatic nitrogens is 1. The highest BCUT2D eigenvalue weighted by Crippen LogP contribution is 2.22. The number of pyridine rings is 1. The maximum atomic E-state index is 12.9. The molecule has 0 saturated carbocycles. The zero-order valence-corrected chi connectivity index (χ0v) is 16.1. The summed E-state index contributed by atoms with van der Waals surface area (Å²) >= 11 is 0. The lowest BCUT2D eigenvalue weighted by Gasteiger charge is -2.28. The van der Waals surface area contributed by atoms with Crippen LogP contribution >= 0.6 is 0 Å². The summed E-state index contributed by atoms with van der Waals surface area (Å²) in [6, 6.07) is 1.29. The summed E-state index contributed by atoms with van der Waals surface area (Å²) in [5, 5.41) is 21.6. The normalized spacial score (nSPS) is 18.7. The lowest BCUT2D eigenvalue weighted by Crippen LogP contribution is -2.48. The predicted octanol–water partition coefficient (Wildman–Crippen LogP) is 1.86. The minimum Gasteiger partial charge on any atom is -0.508 e. The number of hydrogen-bond donors (Lipinski definition) is 4. The van der Waals surface area contributed by atoms with Gasteiger partial charge in [-0.25, -0.2) is 4.79 Å². The van der Waals surface area contributed by atoms with Gasteiger partial charge < -0.3 is 25.3 Å². The zero-order chi connectivity index (χ0) is 21.0. The minimum absolute atomic E-state index is 0.156. The molecule has 9 nitrogen and oxygen atoms in total. The second kappa shape index (κ2) is 8.68. The molecule has 4 N–H and O–H groups in total. The smallest absolute Gasteiger partial charge is 0.322 e. The monoisotopic (exact) mass is 400 g/mol. The van der Waals surface area contributed by atoms with Crippen LogP contribution in [0, 0.1) is 0 Å². The Morgan fingerprint density at radius 2 is 2.07 bits per heavy atom. The Bertz CT molecular complexity index is 946. The number of urea groups is 1. The molecule has 9 heteroatoms. The van der Waals surface area contributed by atoms with E-state index in [1.54, 1.807) is 30.2 Å². The van der Waals surface area contributed by atoms with Crippen molar-refractivity contribution in [2.24, 2.45) is 0 Å². The topological polar surface area (TPSA) is 126 Å². The molecule has 0 spiro atoms. The lowest BCUT2D eigenvalue weighted by molar-refractivity contribution is -0.133. The van der Waals surface area contributed by atoms with Gasteiger partial charge in [-0.15, -0.1) is 0 Å². The van der Waals surface area contributed by atoms with Crippen LogP contribution in [0.4, 0.5) is 10.5 Å². The predicted molar refractivity (Wildman–Crippen MR) is 108 cm³/mol. The number of aromatic amines is 1. The molecule has 3 rings (SSSR count). The number of amides is 3. The fourth-order valence-corrected chi connectivity index (χ4v) is 3.45. The number of nitrogens with zero attached hydrogens (tertiary/aromatic N) is 2. The number of carbonyl (C=O) groups is 2. The van der Waals surface area contributed by atoms with E-state index < -0.39 is 17.6 Å². The molecule has 1 aliphatic heterocycles. The number of H-pyrrole nitrogens is 1. The molecule has 0 aromatic carbocycles. The van der Waals surface area contributed by atoms with Crippen LogP contribution in [0.3, 0.4) is 0 Å². The number of aliphatic hydroxyl groups is 1. The van der Waals surface area contributed by atoms with E-state index in [0.29, 0.717) is 32.4 Å². The molecule has 1 aromatic rings. The van der Waals surface area contributed by atoms with Gasteiger partial charge in [0, 0.05) is 32.3 Å². The van der Waals surface area contributed by atoms with Crippen LogP contribution in [0.1, 0.15) is 19.3 Å². The van der Waals surface area contributed by atoms with Crippen LogP contribution in [0.15, 0.2) is 52.6 Å². The third-order valence-electron chi connectivity index (χ3n) is 4.85. The Balaban J connectivity index is 1.65. The van der Waals surface area contributed by atoms with Crippen molar-refractivity contribution in [1.29, 1.82) is 0 Å². The SMILES string of the molecule is CN(CC1=CCC=C(O)C=C1)C(=O)[C@H]1CCCN1C(=O)Nc1cc(O)[nH]c(=O)c1. The van der Waals surface area contributed by atoms with Crippen LogP contribution in [-0.2, 0) is 4.79 Å². The lowest BCUT2D eigenvalue weighted by atomic mass is 10.1. The molecule has 2 aliphatic rings. The van der Waals surface area contributed by atoms with Crippen molar-refractivity contribution in [2.45, 2.75) is 25.3 Å². The fraction of sp³-hybridized carbons (Fsp3) is 0.350. The number of nitrogens with one attached hydrogen (secondary N) is 2. The zero-order valence-electron chi connectivity index (χ0n) is 16.1. The van der Waals surface area contributed by atoms with E-state index in [4.69, 9.17) is 0 Å². The first-order valence-corrected chi connectivity index (χ1v) is 9.35. The van der Waals surface area contributed by atoms with Crippen molar-refractivity contribution in [2.75, 3.05) is 25.5 Å². The van der Waals surface area contributed by atoms with E-state index in [-0.39, 0.29) is 23.2 Å². The van der Waals surface area contributed by atoms with Crippen molar-refractivity contribution in [1.82, 2.24) is 14.8 Å². The van der Waals surface area contributed by atoms with Crippen LogP contribution in [-0.4, -0.2) is 63.1 Å². The minimum atomic E-state index is -0.600. The van der Waals surface area contributed by atoms with Crippen LogP contribution in [0.25, 0.3) is 0 Å². The van der Waals surface area contributed by atoms with Gasteiger partial charge in [0.05, 0.1) is 5.69 Å². The van der Waals surface area contributed by atoms with Crippen molar-refractivity contribution >= 4 is 17.6 Å². The first-order valence-electron chi connectivity index (χ1n) is 9.35. The highest BCUT2D eigenvalue weighted by atomic mass is 16.3. The summed E-state index contributed by atoms with van der Waals surface area (Å²) in [6.07, 6.45) is 8.79. The van der Waals surface area contributed by atoms with Gasteiger partial charge in [0.2, 0.25) is 5.91 Å². The Labute approximate surface area is 167 Å². The molecule has 1 atom stereocenters. The number of aliphatic hydroxyl groups excluding tert-OH is 1. The first kappa shape index (κ1) is 20.2. The largest absolute Gasteiger partial charge is 0.508 e. The molecule has 0 unspecified atom stereocenters. The van der Waals surface area contributed by atoms with Crippen LogP contribution in [0.5, 0.6) is 5.88 Å². The second-order valence-corrected chi connectivity index (χ2v) is 7.07. The van der Waals surface area contributed by atoms with Crippen molar-refractivity contribution in [3.05, 3.63) is 58.1 Å². The molecular formula is C20H24N4O5. The van der Waals surface area contributed by atoms with E-state index in [1.807, 2.05) is 6.08 Å². The average Bonchev–Trinajstić information content (AvgIpc) is 3.05. The van der Waals surface area contributed by atoms with E-state index in [0.717, 1.165) is 11.6 Å². The summed E-state index contributed by atoms with van der Waals surface area (Å²) in [5.41, 5.74) is 0.511. The number of aromatic hydroxyl groups is 1. The molecule has 1 aromatic heterocycles. The average molecular weight is 400 g/mol. The van der Waals surface area contributed by atoms with Gasteiger partial charge in [0.15, 0.2) is 5.88 Å². The number of likely N-dealkylation sites (tertiary alicyclic amines) is 1. The van der Waals surface area contributed by atoms with Gasteiger partial charge in [-0.2, -0.15) is 0 Å². The summed E-state index contributed by atoms with van der Waals surface area (Å²) in [6.45, 7) is 0.788. The maximum absolute atomic E-state index is 12.9. The Hall–Kier alpha value is -3.49. The van der Waals surface area contributed by atoms with Crippen molar-refractivity contribution in [3.8, 4) is 5.88 Å². The molecule has 0 bridgehead atoms. The Kier molecular flexibility index (Phi) is 6.06. The quantitative estimate of drug-likeness (QED) is 0.614. The van der Waals surface area contributed by atoms with Gasteiger partial charge >= 0.3 is 6.03 Å².